The Kier molecular flexibility index (Phi) is 13.3. The molecule has 0 bridgehead atoms. The molecule has 0 radical (unpaired) electrons. The second kappa shape index (κ2) is 16.3. The predicted octanol–water partition coefficient (Wildman–Crippen LogP) is 8.25. The van der Waals surface area contributed by atoms with Crippen LogP contribution in [0.3, 0.4) is 0 Å². The van der Waals surface area contributed by atoms with Gasteiger partial charge < -0.3 is 9.47 Å². The number of pyridine rings is 1. The van der Waals surface area contributed by atoms with Gasteiger partial charge in [-0.2, -0.15) is 0 Å². The number of benzene rings is 1. The molecule has 0 aliphatic rings. The first-order valence-electron chi connectivity index (χ1n) is 13.0. The van der Waals surface area contributed by atoms with Crippen LogP contribution in [0.4, 0.5) is 0 Å². The van der Waals surface area contributed by atoms with Crippen molar-refractivity contribution in [3.8, 4) is 16.9 Å². The fourth-order valence-corrected chi connectivity index (χ4v) is 3.99. The summed E-state index contributed by atoms with van der Waals surface area (Å²) in [5.41, 5.74) is 2.21. The Morgan fingerprint density at radius 1 is 0.848 bits per heavy atom. The second-order valence-corrected chi connectivity index (χ2v) is 9.06. The van der Waals surface area contributed by atoms with Crippen molar-refractivity contribution in [2.24, 2.45) is 5.92 Å². The summed E-state index contributed by atoms with van der Waals surface area (Å²) in [4.78, 5) is 17.1. The summed E-state index contributed by atoms with van der Waals surface area (Å²) in [6.07, 6.45) is 16.5. The van der Waals surface area contributed by atoms with Crippen LogP contribution in [0.25, 0.3) is 11.1 Å². The second-order valence-electron chi connectivity index (χ2n) is 9.06. The first kappa shape index (κ1) is 26.9. The van der Waals surface area contributed by atoms with Crippen molar-refractivity contribution in [2.45, 2.75) is 91.4 Å². The Morgan fingerprint density at radius 2 is 1.58 bits per heavy atom. The lowest BCUT2D eigenvalue weighted by Gasteiger charge is -2.15. The van der Waals surface area contributed by atoms with E-state index in [9.17, 15) is 4.79 Å². The van der Waals surface area contributed by atoms with E-state index in [0.717, 1.165) is 29.7 Å². The molecule has 0 saturated carbocycles. The lowest BCUT2D eigenvalue weighted by molar-refractivity contribution is 0.0484. The quantitative estimate of drug-likeness (QED) is 0.179. The fourth-order valence-electron chi connectivity index (χ4n) is 3.99. The van der Waals surface area contributed by atoms with Gasteiger partial charge >= 0.3 is 5.97 Å². The summed E-state index contributed by atoms with van der Waals surface area (Å²) >= 11 is 0. The standard InChI is InChI=1S/C29H43NO3/c1-4-6-8-9-10-14-21-32-28-17-13-12-16-26(28)25-18-20-30-23-27(25)29(31)33-22-19-24(3)15-11-7-5-2/h12-13,16-18,20,23-24H,4-11,14-15,19,21-22H2,1-3H3. The Balaban J connectivity index is 1.95. The van der Waals surface area contributed by atoms with Crippen LogP contribution >= 0.6 is 0 Å². The molecule has 4 nitrogen and oxygen atoms in total. The van der Waals surface area contributed by atoms with E-state index in [4.69, 9.17) is 9.47 Å². The Labute approximate surface area is 201 Å². The number of hydrogen-bond donors (Lipinski definition) is 0. The Hall–Kier alpha value is -2.36. The average molecular weight is 454 g/mol. The van der Waals surface area contributed by atoms with E-state index in [1.54, 1.807) is 12.4 Å². The number of esters is 1. The van der Waals surface area contributed by atoms with Crippen molar-refractivity contribution in [1.29, 1.82) is 0 Å². The van der Waals surface area contributed by atoms with Crippen molar-refractivity contribution in [3.05, 3.63) is 48.3 Å². The smallest absolute Gasteiger partial charge is 0.340 e. The number of para-hydroxylation sites is 1. The van der Waals surface area contributed by atoms with Gasteiger partial charge in [-0.3, -0.25) is 4.98 Å². The normalized spacial score (nSPS) is 11.8. The molecule has 2 rings (SSSR count). The molecule has 182 valence electrons. The van der Waals surface area contributed by atoms with Crippen LogP contribution in [0.5, 0.6) is 5.75 Å². The lowest BCUT2D eigenvalue weighted by atomic mass is 10.00. The number of carbonyl (C=O) groups excluding carboxylic acids is 1. The van der Waals surface area contributed by atoms with Crippen molar-refractivity contribution in [2.75, 3.05) is 13.2 Å². The van der Waals surface area contributed by atoms with Crippen LogP contribution in [0.2, 0.25) is 0 Å². The van der Waals surface area contributed by atoms with E-state index in [2.05, 4.69) is 25.8 Å². The molecule has 33 heavy (non-hydrogen) atoms. The maximum Gasteiger partial charge on any atom is 0.340 e. The van der Waals surface area contributed by atoms with E-state index in [1.807, 2.05) is 30.3 Å². The van der Waals surface area contributed by atoms with Gasteiger partial charge in [0.05, 0.1) is 18.8 Å². The molecule has 1 aromatic heterocycles. The molecule has 1 atom stereocenters. The number of ether oxygens (including phenoxy) is 2. The molecule has 0 N–H and O–H groups in total. The molecular formula is C29H43NO3. The molecule has 0 aliphatic carbocycles. The number of hydrogen-bond acceptors (Lipinski definition) is 4. The third-order valence-corrected chi connectivity index (χ3v) is 6.12. The average Bonchev–Trinajstić information content (AvgIpc) is 2.84. The van der Waals surface area contributed by atoms with E-state index in [1.165, 1.54) is 57.8 Å². The van der Waals surface area contributed by atoms with Crippen LogP contribution in [-0.2, 0) is 4.74 Å². The number of unbranched alkanes of at least 4 members (excludes halogenated alkanes) is 7. The van der Waals surface area contributed by atoms with Gasteiger partial charge in [0, 0.05) is 23.5 Å². The van der Waals surface area contributed by atoms with Crippen LogP contribution in [0.1, 0.15) is 102 Å². The van der Waals surface area contributed by atoms with Crippen molar-refractivity contribution in [1.82, 2.24) is 4.98 Å². The van der Waals surface area contributed by atoms with Gasteiger partial charge in [-0.25, -0.2) is 4.79 Å². The van der Waals surface area contributed by atoms with Crippen molar-refractivity contribution >= 4 is 5.97 Å². The molecule has 4 heteroatoms. The summed E-state index contributed by atoms with van der Waals surface area (Å²) in [7, 11) is 0. The van der Waals surface area contributed by atoms with Gasteiger partial charge in [0.15, 0.2) is 0 Å². The molecule has 0 aliphatic heterocycles. The summed E-state index contributed by atoms with van der Waals surface area (Å²) < 4.78 is 11.8. The zero-order valence-corrected chi connectivity index (χ0v) is 21.0. The predicted molar refractivity (Wildman–Crippen MR) is 137 cm³/mol. The van der Waals surface area contributed by atoms with E-state index in [0.29, 0.717) is 24.7 Å². The molecule has 1 aromatic carbocycles. The third kappa shape index (κ3) is 9.98. The third-order valence-electron chi connectivity index (χ3n) is 6.12. The molecule has 1 unspecified atom stereocenters. The molecule has 0 fully saturated rings. The minimum Gasteiger partial charge on any atom is -0.493 e. The van der Waals surface area contributed by atoms with E-state index in [-0.39, 0.29) is 5.97 Å². The Morgan fingerprint density at radius 3 is 2.39 bits per heavy atom. The number of rotatable bonds is 17. The molecule has 0 saturated heterocycles. The molecule has 1 heterocycles. The highest BCUT2D eigenvalue weighted by atomic mass is 16.5. The van der Waals surface area contributed by atoms with Gasteiger partial charge in [0.25, 0.3) is 0 Å². The number of aromatic nitrogens is 1. The highest BCUT2D eigenvalue weighted by molar-refractivity contribution is 5.97. The van der Waals surface area contributed by atoms with Crippen LogP contribution < -0.4 is 4.74 Å². The van der Waals surface area contributed by atoms with Crippen molar-refractivity contribution in [3.63, 3.8) is 0 Å². The minimum absolute atomic E-state index is 0.315. The maximum absolute atomic E-state index is 12.9. The zero-order valence-electron chi connectivity index (χ0n) is 21.0. The van der Waals surface area contributed by atoms with Gasteiger partial charge in [0.1, 0.15) is 5.75 Å². The first-order chi connectivity index (χ1) is 16.2. The molecule has 0 spiro atoms. The SMILES string of the molecule is CCCCCCCCOc1ccccc1-c1ccncc1C(=O)OCCC(C)CCCCC. The van der Waals surface area contributed by atoms with E-state index >= 15 is 0 Å². The van der Waals surface area contributed by atoms with Gasteiger partial charge in [-0.1, -0.05) is 96.8 Å². The van der Waals surface area contributed by atoms with Crippen LogP contribution in [0, 0.1) is 5.92 Å². The number of nitrogens with zero attached hydrogens (tertiary/aromatic N) is 1. The number of carbonyl (C=O) groups is 1. The highest BCUT2D eigenvalue weighted by Gasteiger charge is 2.17. The Bertz CT molecular complexity index is 805. The molecule has 0 amide bonds. The first-order valence-corrected chi connectivity index (χ1v) is 13.0. The van der Waals surface area contributed by atoms with Crippen LogP contribution in [0.15, 0.2) is 42.7 Å². The van der Waals surface area contributed by atoms with Gasteiger partial charge in [0.2, 0.25) is 0 Å². The summed E-state index contributed by atoms with van der Waals surface area (Å²) in [6.45, 7) is 7.81. The zero-order chi connectivity index (χ0) is 23.7. The highest BCUT2D eigenvalue weighted by Crippen LogP contribution is 2.32. The summed E-state index contributed by atoms with van der Waals surface area (Å²) in [5, 5.41) is 0. The van der Waals surface area contributed by atoms with Gasteiger partial charge in [-0.05, 0) is 30.9 Å². The topological polar surface area (TPSA) is 48.4 Å². The maximum atomic E-state index is 12.9. The fraction of sp³-hybridized carbons (Fsp3) is 0.586. The van der Waals surface area contributed by atoms with Gasteiger partial charge in [-0.15, -0.1) is 0 Å². The summed E-state index contributed by atoms with van der Waals surface area (Å²) in [5.74, 6) is 1.05. The minimum atomic E-state index is -0.315. The molecule has 2 aromatic rings. The molecular weight excluding hydrogens is 410 g/mol. The van der Waals surface area contributed by atoms with E-state index < -0.39 is 0 Å². The summed E-state index contributed by atoms with van der Waals surface area (Å²) in [6, 6.07) is 9.79. The largest absolute Gasteiger partial charge is 0.493 e. The van der Waals surface area contributed by atoms with Crippen molar-refractivity contribution < 1.29 is 14.3 Å². The lowest BCUT2D eigenvalue weighted by Crippen LogP contribution is -2.11. The van der Waals surface area contributed by atoms with Crippen LogP contribution in [-0.4, -0.2) is 24.2 Å². The monoisotopic (exact) mass is 453 g/mol.